The minimum Gasteiger partial charge on any atom is -0.396 e. The van der Waals surface area contributed by atoms with E-state index in [1.807, 2.05) is 13.8 Å². The Balaban J connectivity index is 3.04. The van der Waals surface area contributed by atoms with Gasteiger partial charge in [0.05, 0.1) is 12.5 Å². The van der Waals surface area contributed by atoms with Gasteiger partial charge in [-0.05, 0) is 43.3 Å². The fraction of sp³-hybridized carbons (Fsp3) is 0.462. The molecule has 1 unspecified atom stereocenters. The van der Waals surface area contributed by atoms with Gasteiger partial charge < -0.3 is 10.0 Å². The highest BCUT2D eigenvalue weighted by molar-refractivity contribution is 5.95. The van der Waals surface area contributed by atoms with Gasteiger partial charge in [0.15, 0.2) is 0 Å². The Morgan fingerprint density at radius 3 is 2.22 bits per heavy atom. The maximum absolute atomic E-state index is 12.2. The number of carbonyl (C=O) groups is 1. The summed E-state index contributed by atoms with van der Waals surface area (Å²) in [5, 5.41) is 11.9. The molecule has 1 atom stereocenters. The third kappa shape index (κ3) is 3.13. The molecule has 1 rings (SSSR count). The summed E-state index contributed by atoms with van der Waals surface area (Å²) in [5.74, 6) is -0.587. The zero-order chi connectivity index (χ0) is 13.7. The Kier molecular flexibility index (Phi) is 4.97. The smallest absolute Gasteiger partial charge is 0.232 e. The van der Waals surface area contributed by atoms with Crippen molar-refractivity contribution in [2.24, 2.45) is 11.1 Å². The van der Waals surface area contributed by atoms with Crippen LogP contribution in [0.5, 0.6) is 0 Å². The molecule has 0 radical (unpaired) electrons. The molecule has 5 heteroatoms. The van der Waals surface area contributed by atoms with Gasteiger partial charge in [0, 0.05) is 11.7 Å². The molecule has 0 saturated heterocycles. The number of aliphatic hydroxyl groups excluding tert-OH is 1. The van der Waals surface area contributed by atoms with Gasteiger partial charge in [-0.1, -0.05) is 6.92 Å². The van der Waals surface area contributed by atoms with Gasteiger partial charge in [-0.3, -0.25) is 4.79 Å². The van der Waals surface area contributed by atoms with Crippen molar-refractivity contribution >= 4 is 17.3 Å². The van der Waals surface area contributed by atoms with Gasteiger partial charge in [0.1, 0.15) is 5.69 Å². The van der Waals surface area contributed by atoms with Gasteiger partial charge >= 0.3 is 0 Å². The Labute approximate surface area is 106 Å². The van der Waals surface area contributed by atoms with Gasteiger partial charge in [0.25, 0.3) is 0 Å². The lowest BCUT2D eigenvalue weighted by Crippen LogP contribution is -2.41. The van der Waals surface area contributed by atoms with Gasteiger partial charge in [-0.25, -0.2) is 0 Å². The first-order chi connectivity index (χ1) is 8.51. The summed E-state index contributed by atoms with van der Waals surface area (Å²) >= 11 is 0. The molecule has 18 heavy (non-hydrogen) atoms. The number of hydrogen-bond donors (Lipinski definition) is 1. The fourth-order valence-electron chi connectivity index (χ4n) is 1.67. The van der Waals surface area contributed by atoms with Crippen molar-refractivity contribution in [1.82, 2.24) is 0 Å². The third-order valence-corrected chi connectivity index (χ3v) is 2.68. The summed E-state index contributed by atoms with van der Waals surface area (Å²) in [6.45, 7) is 5.29. The first-order valence-corrected chi connectivity index (χ1v) is 5.88. The van der Waals surface area contributed by atoms with Crippen molar-refractivity contribution in [3.05, 3.63) is 29.2 Å². The number of hydrogen-bond acceptors (Lipinski definition) is 4. The van der Waals surface area contributed by atoms with E-state index in [4.69, 9.17) is 5.11 Å². The van der Waals surface area contributed by atoms with Crippen LogP contribution >= 0.6 is 0 Å². The van der Waals surface area contributed by atoms with Crippen molar-refractivity contribution < 1.29 is 9.90 Å². The van der Waals surface area contributed by atoms with Crippen LogP contribution in [-0.2, 0) is 4.79 Å². The first kappa shape index (κ1) is 14.3. The van der Waals surface area contributed by atoms with Crippen molar-refractivity contribution in [1.29, 1.82) is 0 Å². The molecule has 0 fully saturated rings. The number of aliphatic hydroxyl groups is 1. The average Bonchev–Trinajstić information content (AvgIpc) is 2.38. The summed E-state index contributed by atoms with van der Waals surface area (Å²) in [6, 6.07) is 6.46. The highest BCUT2D eigenvalue weighted by Gasteiger charge is 2.23. The highest BCUT2D eigenvalue weighted by Crippen LogP contribution is 2.23. The molecule has 0 bridgehead atoms. The Morgan fingerprint density at radius 2 is 1.83 bits per heavy atom. The van der Waals surface area contributed by atoms with E-state index in [1.54, 1.807) is 36.1 Å². The number of rotatable bonds is 5. The van der Waals surface area contributed by atoms with Crippen LogP contribution in [0.15, 0.2) is 29.4 Å². The lowest BCUT2D eigenvalue weighted by atomic mass is 10.1. The molecule has 0 aliphatic heterocycles. The van der Waals surface area contributed by atoms with E-state index in [9.17, 15) is 9.70 Å². The van der Waals surface area contributed by atoms with Crippen LogP contribution in [0.25, 0.3) is 0 Å². The molecule has 1 amide bonds. The lowest BCUT2D eigenvalue weighted by Gasteiger charge is -2.29. The zero-order valence-corrected chi connectivity index (χ0v) is 10.8. The third-order valence-electron chi connectivity index (χ3n) is 2.68. The summed E-state index contributed by atoms with van der Waals surface area (Å²) in [5.41, 5.74) is 1.02. The average molecular weight is 250 g/mol. The van der Waals surface area contributed by atoms with Crippen LogP contribution in [-0.4, -0.2) is 23.7 Å². The molecule has 1 aromatic carbocycles. The molecule has 0 aliphatic rings. The Bertz CT molecular complexity index is 415. The molecule has 1 aromatic rings. The Hall–Kier alpha value is -1.75. The second kappa shape index (κ2) is 6.26. The molecule has 0 aromatic heterocycles. The van der Waals surface area contributed by atoms with E-state index in [1.165, 1.54) is 0 Å². The van der Waals surface area contributed by atoms with Crippen molar-refractivity contribution in [2.45, 2.75) is 26.8 Å². The van der Waals surface area contributed by atoms with Crippen LogP contribution in [0.3, 0.4) is 0 Å². The van der Waals surface area contributed by atoms with E-state index in [0.717, 1.165) is 0 Å². The van der Waals surface area contributed by atoms with E-state index < -0.39 is 5.92 Å². The molecule has 1 N–H and O–H groups in total. The summed E-state index contributed by atoms with van der Waals surface area (Å²) < 4.78 is 0. The van der Waals surface area contributed by atoms with Crippen molar-refractivity contribution in [2.75, 3.05) is 11.5 Å². The zero-order valence-electron chi connectivity index (χ0n) is 10.8. The van der Waals surface area contributed by atoms with Crippen molar-refractivity contribution in [3.63, 3.8) is 0 Å². The Morgan fingerprint density at radius 1 is 1.28 bits per heavy atom. The second-order valence-corrected chi connectivity index (χ2v) is 4.49. The van der Waals surface area contributed by atoms with E-state index in [-0.39, 0.29) is 18.6 Å². The van der Waals surface area contributed by atoms with Crippen LogP contribution < -0.4 is 4.90 Å². The van der Waals surface area contributed by atoms with E-state index in [2.05, 4.69) is 5.18 Å². The minimum absolute atomic E-state index is 0.0264. The quantitative estimate of drug-likeness (QED) is 0.816. The molecule has 0 saturated carbocycles. The molecule has 98 valence electrons. The minimum atomic E-state index is -0.448. The molecule has 0 aliphatic carbocycles. The van der Waals surface area contributed by atoms with Crippen LogP contribution in [0.2, 0.25) is 0 Å². The predicted molar refractivity (Wildman–Crippen MR) is 70.8 cm³/mol. The number of anilines is 1. The molecular weight excluding hydrogens is 232 g/mol. The van der Waals surface area contributed by atoms with Gasteiger partial charge in [0.2, 0.25) is 5.91 Å². The summed E-state index contributed by atoms with van der Waals surface area (Å²) in [6.07, 6.45) is 0. The molecule has 5 nitrogen and oxygen atoms in total. The van der Waals surface area contributed by atoms with Crippen LogP contribution in [0.1, 0.15) is 20.8 Å². The van der Waals surface area contributed by atoms with Crippen molar-refractivity contribution in [3.8, 4) is 0 Å². The largest absolute Gasteiger partial charge is 0.396 e. The maximum atomic E-state index is 12.2. The summed E-state index contributed by atoms with van der Waals surface area (Å²) in [4.78, 5) is 24.1. The monoisotopic (exact) mass is 250 g/mol. The number of nitroso groups, excluding NO2 is 1. The second-order valence-electron chi connectivity index (χ2n) is 4.49. The number of carbonyl (C=O) groups excluding carboxylic acids is 1. The van der Waals surface area contributed by atoms with Crippen LogP contribution in [0, 0.1) is 10.8 Å². The van der Waals surface area contributed by atoms with E-state index >= 15 is 0 Å². The summed E-state index contributed by atoms with van der Waals surface area (Å²) in [7, 11) is 0. The normalized spacial score (nSPS) is 12.3. The molecule has 0 spiro atoms. The number of nitrogens with zero attached hydrogens (tertiary/aromatic N) is 2. The first-order valence-electron chi connectivity index (χ1n) is 5.88. The van der Waals surface area contributed by atoms with Gasteiger partial charge in [-0.2, -0.15) is 0 Å². The molecule has 0 heterocycles. The fourth-order valence-corrected chi connectivity index (χ4v) is 1.67. The lowest BCUT2D eigenvalue weighted by molar-refractivity contribution is -0.123. The predicted octanol–water partition coefficient (Wildman–Crippen LogP) is 2.45. The molecular formula is C13H18N2O3. The standard InChI is InChI=1S/C13H18N2O3/c1-9(2)15(13(17)10(3)8-16)12-6-4-11(14-18)5-7-12/h4-7,9-10,16H,8H2,1-3H3. The maximum Gasteiger partial charge on any atom is 0.232 e. The SMILES string of the molecule is CC(CO)C(=O)N(c1ccc(N=O)cc1)C(C)C. The van der Waals surface area contributed by atoms with E-state index in [0.29, 0.717) is 11.4 Å². The number of amides is 1. The topological polar surface area (TPSA) is 70.0 Å². The highest BCUT2D eigenvalue weighted by atomic mass is 16.3. The van der Waals surface area contributed by atoms with Crippen LogP contribution in [0.4, 0.5) is 11.4 Å². The van der Waals surface area contributed by atoms with Gasteiger partial charge in [-0.15, -0.1) is 4.91 Å². The number of benzene rings is 1.